The van der Waals surface area contributed by atoms with E-state index in [1.807, 2.05) is 25.4 Å². The zero-order valence-corrected chi connectivity index (χ0v) is 15.1. The van der Waals surface area contributed by atoms with Gasteiger partial charge in [0.15, 0.2) is 0 Å². The molecule has 0 aromatic carbocycles. The molecule has 136 valence electrons. The molecule has 0 spiro atoms. The Kier molecular flexibility index (Phi) is 5.92. The van der Waals surface area contributed by atoms with Crippen molar-refractivity contribution < 1.29 is 9.47 Å². The molecule has 8 heteroatoms. The summed E-state index contributed by atoms with van der Waals surface area (Å²) in [6.07, 6.45) is 5.76. The van der Waals surface area contributed by atoms with Crippen molar-refractivity contribution in [3.63, 3.8) is 0 Å². The minimum Gasteiger partial charge on any atom is -0.475 e. The third-order valence-electron chi connectivity index (χ3n) is 4.11. The van der Waals surface area contributed by atoms with Crippen LogP contribution in [-0.4, -0.2) is 52.3 Å². The molecule has 3 rings (SSSR count). The van der Waals surface area contributed by atoms with Crippen molar-refractivity contribution in [2.24, 2.45) is 0 Å². The predicted octanol–water partition coefficient (Wildman–Crippen LogP) is 1.82. The Hall–Kier alpha value is -2.79. The Morgan fingerprint density at radius 2 is 1.88 bits per heavy atom. The molecule has 26 heavy (non-hydrogen) atoms. The fourth-order valence-corrected chi connectivity index (χ4v) is 2.80. The average molecular weight is 354 g/mol. The van der Waals surface area contributed by atoms with E-state index in [9.17, 15) is 0 Å². The first-order chi connectivity index (χ1) is 12.6. The molecule has 1 aliphatic rings. The first-order valence-corrected chi connectivity index (χ1v) is 8.68. The van der Waals surface area contributed by atoms with Crippen molar-refractivity contribution in [1.29, 1.82) is 5.26 Å². The highest BCUT2D eigenvalue weighted by Crippen LogP contribution is 2.18. The van der Waals surface area contributed by atoms with Gasteiger partial charge in [0.05, 0.1) is 12.7 Å². The van der Waals surface area contributed by atoms with Crippen molar-refractivity contribution >= 4 is 5.95 Å². The van der Waals surface area contributed by atoms with E-state index in [4.69, 9.17) is 14.7 Å². The molecule has 0 unspecified atom stereocenters. The summed E-state index contributed by atoms with van der Waals surface area (Å²) >= 11 is 0. The van der Waals surface area contributed by atoms with Crippen molar-refractivity contribution in [3.8, 4) is 11.9 Å². The summed E-state index contributed by atoms with van der Waals surface area (Å²) in [5.41, 5.74) is 1.37. The number of rotatable bonds is 6. The van der Waals surface area contributed by atoms with Gasteiger partial charge in [0.2, 0.25) is 11.8 Å². The van der Waals surface area contributed by atoms with Gasteiger partial charge in [-0.3, -0.25) is 0 Å². The van der Waals surface area contributed by atoms with Crippen LogP contribution >= 0.6 is 0 Å². The smallest absolute Gasteiger partial charge is 0.225 e. The standard InChI is InChI=1S/C18H22N6O2/c1-13-11-20-18(21-12-13)24-5-3-16(4-6-24)25-7-8-26-17-9-15(10-19)22-14(2)23-17/h9,11-12,16H,3-8H2,1-2H3. The van der Waals surface area contributed by atoms with Crippen LogP contribution in [0.2, 0.25) is 0 Å². The van der Waals surface area contributed by atoms with Gasteiger partial charge in [0, 0.05) is 31.5 Å². The predicted molar refractivity (Wildman–Crippen MR) is 94.9 cm³/mol. The number of nitrogens with zero attached hydrogens (tertiary/aromatic N) is 6. The summed E-state index contributed by atoms with van der Waals surface area (Å²) in [4.78, 5) is 19.1. The molecule has 0 aliphatic carbocycles. The minimum atomic E-state index is 0.210. The number of aryl methyl sites for hydroxylation is 2. The van der Waals surface area contributed by atoms with Crippen molar-refractivity contribution in [2.45, 2.75) is 32.8 Å². The third kappa shape index (κ3) is 4.86. The van der Waals surface area contributed by atoms with Crippen LogP contribution in [0.25, 0.3) is 0 Å². The Labute approximate surface area is 152 Å². The van der Waals surface area contributed by atoms with Gasteiger partial charge in [-0.1, -0.05) is 0 Å². The molecule has 0 atom stereocenters. The lowest BCUT2D eigenvalue weighted by Gasteiger charge is -2.31. The van der Waals surface area contributed by atoms with E-state index in [2.05, 4.69) is 24.8 Å². The maximum atomic E-state index is 8.91. The lowest BCUT2D eigenvalue weighted by Crippen LogP contribution is -2.38. The minimum absolute atomic E-state index is 0.210. The van der Waals surface area contributed by atoms with Crippen LogP contribution in [0.15, 0.2) is 18.5 Å². The van der Waals surface area contributed by atoms with E-state index < -0.39 is 0 Å². The van der Waals surface area contributed by atoms with E-state index in [1.54, 1.807) is 6.92 Å². The van der Waals surface area contributed by atoms with Gasteiger partial charge in [-0.05, 0) is 32.3 Å². The van der Waals surface area contributed by atoms with Crippen molar-refractivity contribution in [3.05, 3.63) is 35.5 Å². The Bertz CT molecular complexity index is 766. The van der Waals surface area contributed by atoms with E-state index in [1.165, 1.54) is 6.07 Å². The third-order valence-corrected chi connectivity index (χ3v) is 4.11. The zero-order valence-electron chi connectivity index (χ0n) is 15.1. The molecule has 0 saturated carbocycles. The normalized spacial score (nSPS) is 14.9. The summed E-state index contributed by atoms with van der Waals surface area (Å²) in [5.74, 6) is 1.71. The van der Waals surface area contributed by atoms with Crippen LogP contribution in [0.3, 0.4) is 0 Å². The van der Waals surface area contributed by atoms with Gasteiger partial charge in [-0.15, -0.1) is 0 Å². The van der Waals surface area contributed by atoms with E-state index in [0.29, 0.717) is 30.6 Å². The summed E-state index contributed by atoms with van der Waals surface area (Å²) in [5, 5.41) is 8.91. The van der Waals surface area contributed by atoms with Gasteiger partial charge in [-0.25, -0.2) is 15.0 Å². The Morgan fingerprint density at radius 3 is 2.58 bits per heavy atom. The van der Waals surface area contributed by atoms with Crippen LogP contribution in [-0.2, 0) is 4.74 Å². The molecule has 0 amide bonds. The molecule has 1 aliphatic heterocycles. The Morgan fingerprint density at radius 1 is 1.15 bits per heavy atom. The second-order valence-electron chi connectivity index (χ2n) is 6.22. The molecule has 0 bridgehead atoms. The van der Waals surface area contributed by atoms with Gasteiger partial charge < -0.3 is 14.4 Å². The molecule has 0 radical (unpaired) electrons. The van der Waals surface area contributed by atoms with Crippen LogP contribution < -0.4 is 9.64 Å². The van der Waals surface area contributed by atoms with E-state index in [-0.39, 0.29) is 6.10 Å². The second-order valence-corrected chi connectivity index (χ2v) is 6.22. The Balaban J connectivity index is 1.38. The van der Waals surface area contributed by atoms with Gasteiger partial charge in [0.1, 0.15) is 24.2 Å². The van der Waals surface area contributed by atoms with Crippen molar-refractivity contribution in [2.75, 3.05) is 31.2 Å². The molecule has 2 aromatic rings. The molecule has 8 nitrogen and oxygen atoms in total. The number of anilines is 1. The number of ether oxygens (including phenoxy) is 2. The molecule has 1 saturated heterocycles. The SMILES string of the molecule is Cc1cnc(N2CCC(OCCOc3cc(C#N)nc(C)n3)CC2)nc1. The van der Waals surface area contributed by atoms with Crippen LogP contribution in [0.1, 0.15) is 29.9 Å². The highest BCUT2D eigenvalue weighted by Gasteiger charge is 2.21. The quantitative estimate of drug-likeness (QED) is 0.725. The largest absolute Gasteiger partial charge is 0.475 e. The summed E-state index contributed by atoms with van der Waals surface area (Å²) in [6, 6.07) is 3.53. The molecular formula is C18H22N6O2. The van der Waals surface area contributed by atoms with Crippen LogP contribution in [0.5, 0.6) is 5.88 Å². The zero-order chi connectivity index (χ0) is 18.4. The van der Waals surface area contributed by atoms with Gasteiger partial charge >= 0.3 is 0 Å². The number of hydrogen-bond acceptors (Lipinski definition) is 8. The first kappa shape index (κ1) is 18.0. The number of hydrogen-bond donors (Lipinski definition) is 0. The highest BCUT2D eigenvalue weighted by molar-refractivity contribution is 5.30. The fourth-order valence-electron chi connectivity index (χ4n) is 2.80. The van der Waals surface area contributed by atoms with E-state index in [0.717, 1.165) is 37.4 Å². The van der Waals surface area contributed by atoms with Gasteiger partial charge in [0.25, 0.3) is 0 Å². The number of nitriles is 1. The molecule has 0 N–H and O–H groups in total. The lowest BCUT2D eigenvalue weighted by atomic mass is 10.1. The molecule has 3 heterocycles. The first-order valence-electron chi connectivity index (χ1n) is 8.68. The molecule has 2 aromatic heterocycles. The van der Waals surface area contributed by atoms with E-state index >= 15 is 0 Å². The topological polar surface area (TPSA) is 97.1 Å². The van der Waals surface area contributed by atoms with Crippen LogP contribution in [0.4, 0.5) is 5.95 Å². The fraction of sp³-hybridized carbons (Fsp3) is 0.500. The maximum Gasteiger partial charge on any atom is 0.225 e. The summed E-state index contributed by atoms with van der Waals surface area (Å²) in [6.45, 7) is 6.35. The molecule has 1 fully saturated rings. The monoisotopic (exact) mass is 354 g/mol. The maximum absolute atomic E-state index is 8.91. The van der Waals surface area contributed by atoms with Crippen LogP contribution in [0, 0.1) is 25.2 Å². The van der Waals surface area contributed by atoms with Gasteiger partial charge in [-0.2, -0.15) is 10.2 Å². The summed E-state index contributed by atoms with van der Waals surface area (Å²) < 4.78 is 11.5. The second kappa shape index (κ2) is 8.54. The number of piperidine rings is 1. The lowest BCUT2D eigenvalue weighted by molar-refractivity contribution is 0.0194. The molecular weight excluding hydrogens is 332 g/mol. The van der Waals surface area contributed by atoms with Crippen molar-refractivity contribution in [1.82, 2.24) is 19.9 Å². The highest BCUT2D eigenvalue weighted by atomic mass is 16.5. The number of aromatic nitrogens is 4. The summed E-state index contributed by atoms with van der Waals surface area (Å²) in [7, 11) is 0. The average Bonchev–Trinajstić information content (AvgIpc) is 2.66.